The van der Waals surface area contributed by atoms with E-state index in [0.717, 1.165) is 34.2 Å². The van der Waals surface area contributed by atoms with Crippen molar-refractivity contribution in [3.63, 3.8) is 0 Å². The third-order valence-electron chi connectivity index (χ3n) is 8.40. The first-order valence-electron chi connectivity index (χ1n) is 14.1. The predicted molar refractivity (Wildman–Crippen MR) is 155 cm³/mol. The largest absolute Gasteiger partial charge is 0.493 e. The molecule has 2 aliphatic heterocycles. The van der Waals surface area contributed by atoms with Crippen LogP contribution >= 0.6 is 0 Å². The van der Waals surface area contributed by atoms with Crippen LogP contribution in [-0.2, 0) is 27.8 Å². The quantitative estimate of drug-likeness (QED) is 0.289. The molecule has 3 aromatic carbocycles. The monoisotopic (exact) mass is 591 g/mol. The van der Waals surface area contributed by atoms with Crippen LogP contribution < -0.4 is 9.47 Å². The number of fused-ring (bicyclic) bond motifs is 5. The molecule has 1 fully saturated rings. The van der Waals surface area contributed by atoms with Crippen LogP contribution in [0.2, 0.25) is 0 Å². The summed E-state index contributed by atoms with van der Waals surface area (Å²) < 4.78 is 51.7. The minimum Gasteiger partial charge on any atom is -0.493 e. The molecular weight excluding hydrogens is 559 g/mol. The van der Waals surface area contributed by atoms with E-state index in [1.807, 2.05) is 56.3 Å². The number of alkyl halides is 3. The van der Waals surface area contributed by atoms with Crippen molar-refractivity contribution in [1.29, 1.82) is 0 Å². The Kier molecular flexibility index (Phi) is 6.90. The second kappa shape index (κ2) is 10.4. The van der Waals surface area contributed by atoms with Crippen molar-refractivity contribution in [2.45, 2.75) is 51.1 Å². The molecule has 10 heteroatoms. The van der Waals surface area contributed by atoms with Crippen LogP contribution in [0.1, 0.15) is 54.6 Å². The van der Waals surface area contributed by atoms with E-state index >= 15 is 0 Å². The molecule has 2 aliphatic rings. The van der Waals surface area contributed by atoms with Gasteiger partial charge in [-0.3, -0.25) is 9.59 Å². The number of rotatable bonds is 6. The molecule has 224 valence electrons. The van der Waals surface area contributed by atoms with E-state index in [9.17, 15) is 22.8 Å². The topological polar surface area (TPSA) is 74.9 Å². The summed E-state index contributed by atoms with van der Waals surface area (Å²) in [5.74, 6) is 0.252. The summed E-state index contributed by atoms with van der Waals surface area (Å²) in [6.45, 7) is 5.46. The molecule has 3 heterocycles. The van der Waals surface area contributed by atoms with Crippen molar-refractivity contribution < 1.29 is 32.2 Å². The maximum Gasteiger partial charge on any atom is 0.416 e. The summed E-state index contributed by atoms with van der Waals surface area (Å²) in [6.07, 6.45) is -4.56. The number of hydrogen-bond acceptors (Lipinski definition) is 4. The molecule has 43 heavy (non-hydrogen) atoms. The van der Waals surface area contributed by atoms with Crippen molar-refractivity contribution in [2.24, 2.45) is 0 Å². The highest BCUT2D eigenvalue weighted by Gasteiger charge is 2.56. The smallest absolute Gasteiger partial charge is 0.416 e. The second-order valence-corrected chi connectivity index (χ2v) is 11.5. The number of methoxy groups -OCH3 is 1. The standard InChI is InChI=1S/C33H32F3N3O4/c1-19(2)43-26-13-12-21(15-27(26)42-4)24-17-39-28(40)18-38(16-20-8-7-9-22(14-20)33(34,35)36)31(41)32(39,3)30-29(24)23-10-5-6-11-25(23)37-30/h5-15,19,24,37H,16-18H2,1-4H3/t24-,32-/m0/s1. The molecule has 7 nitrogen and oxygen atoms in total. The Labute approximate surface area is 247 Å². The van der Waals surface area contributed by atoms with Gasteiger partial charge in [0, 0.05) is 29.9 Å². The number of aromatic nitrogens is 1. The number of amides is 2. The molecule has 0 aliphatic carbocycles. The van der Waals surface area contributed by atoms with Gasteiger partial charge < -0.3 is 24.3 Å². The van der Waals surface area contributed by atoms with Gasteiger partial charge >= 0.3 is 6.18 Å². The Morgan fingerprint density at radius 3 is 2.51 bits per heavy atom. The molecule has 0 radical (unpaired) electrons. The number of nitrogens with zero attached hydrogens (tertiary/aromatic N) is 2. The summed E-state index contributed by atoms with van der Waals surface area (Å²) in [5.41, 5.74) is 1.33. The van der Waals surface area contributed by atoms with Gasteiger partial charge in [0.15, 0.2) is 17.0 Å². The Bertz CT molecular complexity index is 1730. The molecule has 6 rings (SSSR count). The highest BCUT2D eigenvalue weighted by atomic mass is 19.4. The number of H-pyrrole nitrogens is 1. The third kappa shape index (κ3) is 4.78. The Morgan fingerprint density at radius 1 is 1.02 bits per heavy atom. The molecule has 0 unspecified atom stereocenters. The van der Waals surface area contributed by atoms with Crippen LogP contribution in [0.5, 0.6) is 11.5 Å². The molecule has 2 atom stereocenters. The number of nitrogens with one attached hydrogen (secondary N) is 1. The summed E-state index contributed by atoms with van der Waals surface area (Å²) in [5, 5.41) is 0.931. The molecule has 0 saturated carbocycles. The van der Waals surface area contributed by atoms with Gasteiger partial charge in [-0.2, -0.15) is 13.2 Å². The average Bonchev–Trinajstić information content (AvgIpc) is 3.36. The molecule has 2 amide bonds. The second-order valence-electron chi connectivity index (χ2n) is 11.5. The summed E-state index contributed by atoms with van der Waals surface area (Å²) in [4.78, 5) is 34.5. The molecule has 1 saturated heterocycles. The van der Waals surface area contributed by atoms with Crippen molar-refractivity contribution in [3.05, 3.63) is 94.7 Å². The van der Waals surface area contributed by atoms with Gasteiger partial charge in [-0.25, -0.2) is 0 Å². The van der Waals surface area contributed by atoms with Gasteiger partial charge in [0.1, 0.15) is 6.54 Å². The van der Waals surface area contributed by atoms with Gasteiger partial charge in [-0.1, -0.05) is 36.4 Å². The summed E-state index contributed by atoms with van der Waals surface area (Å²) >= 11 is 0. The van der Waals surface area contributed by atoms with Gasteiger partial charge in [0.05, 0.1) is 24.5 Å². The first kappa shape index (κ1) is 28.6. The van der Waals surface area contributed by atoms with Gasteiger partial charge in [-0.15, -0.1) is 0 Å². The van der Waals surface area contributed by atoms with Crippen LogP contribution in [0.15, 0.2) is 66.7 Å². The number of carbonyl (C=O) groups is 2. The zero-order valence-electron chi connectivity index (χ0n) is 24.3. The van der Waals surface area contributed by atoms with Crippen molar-refractivity contribution in [1.82, 2.24) is 14.8 Å². The van der Waals surface area contributed by atoms with E-state index in [-0.39, 0.29) is 43.5 Å². The van der Waals surface area contributed by atoms with Gasteiger partial charge in [0.2, 0.25) is 5.91 Å². The zero-order chi connectivity index (χ0) is 30.7. The fourth-order valence-electron chi connectivity index (χ4n) is 6.42. The first-order chi connectivity index (χ1) is 20.4. The number of halogens is 3. The van der Waals surface area contributed by atoms with Gasteiger partial charge in [0.25, 0.3) is 5.91 Å². The fourth-order valence-corrected chi connectivity index (χ4v) is 6.42. The van der Waals surface area contributed by atoms with Crippen LogP contribution in [0.25, 0.3) is 10.9 Å². The van der Waals surface area contributed by atoms with Crippen molar-refractivity contribution in [2.75, 3.05) is 20.2 Å². The molecule has 0 spiro atoms. The first-order valence-corrected chi connectivity index (χ1v) is 14.1. The van der Waals surface area contributed by atoms with Crippen LogP contribution in [-0.4, -0.2) is 52.9 Å². The molecule has 1 N–H and O–H groups in total. The number of ether oxygens (including phenoxy) is 2. The summed E-state index contributed by atoms with van der Waals surface area (Å²) in [6, 6.07) is 18.3. The van der Waals surface area contributed by atoms with Gasteiger partial charge in [-0.05, 0) is 67.8 Å². The van der Waals surface area contributed by atoms with E-state index in [1.54, 1.807) is 18.9 Å². The van der Waals surface area contributed by atoms with Crippen LogP contribution in [0, 0.1) is 0 Å². The maximum atomic E-state index is 14.3. The number of piperazine rings is 1. The molecular formula is C33H32F3N3O4. The van der Waals surface area contributed by atoms with E-state index in [4.69, 9.17) is 9.47 Å². The Hall–Kier alpha value is -4.47. The minimum absolute atomic E-state index is 0.0498. The number of para-hydroxylation sites is 1. The fraction of sp³-hybridized carbons (Fsp3) is 0.333. The summed E-state index contributed by atoms with van der Waals surface area (Å²) in [7, 11) is 1.58. The predicted octanol–water partition coefficient (Wildman–Crippen LogP) is 6.21. The van der Waals surface area contributed by atoms with Crippen LogP contribution in [0.4, 0.5) is 13.2 Å². The lowest BCUT2D eigenvalue weighted by atomic mass is 9.76. The average molecular weight is 592 g/mol. The van der Waals surface area contributed by atoms with Crippen molar-refractivity contribution in [3.8, 4) is 11.5 Å². The minimum atomic E-state index is -4.51. The highest BCUT2D eigenvalue weighted by molar-refractivity contribution is 6.01. The Morgan fingerprint density at radius 2 is 1.79 bits per heavy atom. The Balaban J connectivity index is 1.44. The van der Waals surface area contributed by atoms with E-state index in [0.29, 0.717) is 22.8 Å². The number of hydrogen-bond donors (Lipinski definition) is 1. The van der Waals surface area contributed by atoms with E-state index in [2.05, 4.69) is 4.98 Å². The maximum absolute atomic E-state index is 14.3. The number of benzene rings is 3. The highest BCUT2D eigenvalue weighted by Crippen LogP contribution is 2.49. The van der Waals surface area contributed by atoms with E-state index in [1.165, 1.54) is 17.0 Å². The SMILES string of the molecule is COc1cc([C@@H]2CN3C(=O)CN(Cc4cccc(C(F)(F)F)c4)C(=O)[C@]3(C)c3[nH]c4ccccc4c32)ccc1OC(C)C. The molecule has 1 aromatic heterocycles. The number of aromatic amines is 1. The molecule has 0 bridgehead atoms. The van der Waals surface area contributed by atoms with E-state index < -0.39 is 17.3 Å². The zero-order valence-corrected chi connectivity index (χ0v) is 24.3. The number of carbonyl (C=O) groups excluding carboxylic acids is 2. The van der Waals surface area contributed by atoms with Crippen molar-refractivity contribution >= 4 is 22.7 Å². The lowest BCUT2D eigenvalue weighted by Crippen LogP contribution is -2.67. The normalized spacial score (nSPS) is 20.4. The molecule has 4 aromatic rings. The lowest BCUT2D eigenvalue weighted by molar-refractivity contribution is -0.167. The third-order valence-corrected chi connectivity index (χ3v) is 8.40. The lowest BCUT2D eigenvalue weighted by Gasteiger charge is -2.51. The van der Waals surface area contributed by atoms with Crippen LogP contribution in [0.3, 0.4) is 0 Å².